The summed E-state index contributed by atoms with van der Waals surface area (Å²) in [4.78, 5) is 18.8. The minimum Gasteiger partial charge on any atom is -0.339 e. The highest BCUT2D eigenvalue weighted by Crippen LogP contribution is 2.34. The third kappa shape index (κ3) is 3.97. The van der Waals surface area contributed by atoms with Gasteiger partial charge in [0.1, 0.15) is 0 Å². The smallest absolute Gasteiger partial charge is 0.232 e. The summed E-state index contributed by atoms with van der Waals surface area (Å²) in [5, 5.41) is 4.03. The molecule has 1 saturated heterocycles. The van der Waals surface area contributed by atoms with Crippen LogP contribution >= 0.6 is 0 Å². The van der Waals surface area contributed by atoms with Crippen LogP contribution in [0.3, 0.4) is 0 Å². The van der Waals surface area contributed by atoms with E-state index in [0.717, 1.165) is 24.7 Å². The van der Waals surface area contributed by atoms with Crippen molar-refractivity contribution in [3.05, 3.63) is 30.2 Å². The Bertz CT molecular complexity index is 933. The van der Waals surface area contributed by atoms with Gasteiger partial charge >= 0.3 is 0 Å². The molecule has 1 aromatic heterocycles. The molecule has 2 fully saturated rings. The Labute approximate surface area is 158 Å². The molecular weight excluding hydrogens is 368 g/mol. The molecule has 1 atom stereocenters. The number of nitrogens with zero attached hydrogens (tertiary/aromatic N) is 3. The summed E-state index contributed by atoms with van der Waals surface area (Å²) in [6.07, 6.45) is 6.06. The number of benzene rings is 1. The molecule has 2 aliphatic rings. The van der Waals surface area contributed by atoms with Crippen molar-refractivity contribution in [3.63, 3.8) is 0 Å². The van der Waals surface area contributed by atoms with E-state index in [4.69, 9.17) is 4.52 Å². The molecule has 2 heterocycles. The van der Waals surface area contributed by atoms with Gasteiger partial charge in [-0.05, 0) is 37.1 Å². The maximum absolute atomic E-state index is 12.4. The fraction of sp³-hybridized carbons (Fsp3) is 0.500. The van der Waals surface area contributed by atoms with Gasteiger partial charge in [-0.2, -0.15) is 4.98 Å². The number of nitrogens with one attached hydrogen (secondary N) is 1. The average molecular weight is 390 g/mol. The summed E-state index contributed by atoms with van der Waals surface area (Å²) in [5.74, 6) is 1.02. The van der Waals surface area contributed by atoms with Crippen molar-refractivity contribution in [1.29, 1.82) is 0 Å². The lowest BCUT2D eigenvalue weighted by molar-refractivity contribution is -0.129. The summed E-state index contributed by atoms with van der Waals surface area (Å²) in [7, 11) is -3.32. The molecule has 1 amide bonds. The Morgan fingerprint density at radius 3 is 2.56 bits per heavy atom. The Kier molecular flexibility index (Phi) is 4.63. The molecule has 4 rings (SSSR count). The fourth-order valence-electron chi connectivity index (χ4n) is 3.89. The summed E-state index contributed by atoms with van der Waals surface area (Å²) in [6, 6.07) is 7.11. The monoisotopic (exact) mass is 390 g/mol. The van der Waals surface area contributed by atoms with Gasteiger partial charge in [0.15, 0.2) is 0 Å². The van der Waals surface area contributed by atoms with Gasteiger partial charge in [0.05, 0.1) is 12.2 Å². The number of aromatic nitrogens is 2. The minimum atomic E-state index is -3.32. The number of hydrogen-bond donors (Lipinski definition) is 1. The number of likely N-dealkylation sites (tertiary alicyclic amines) is 1. The highest BCUT2D eigenvalue weighted by atomic mass is 32.2. The van der Waals surface area contributed by atoms with Crippen LogP contribution in [0, 0.1) is 0 Å². The SMILES string of the molecule is CS(=O)(=O)Nc1ccc(-c2noc(C3CC(=O)N(C4CCCC4)C3)n2)cc1. The van der Waals surface area contributed by atoms with Crippen LogP contribution in [0.4, 0.5) is 5.69 Å². The number of amides is 1. The summed E-state index contributed by atoms with van der Waals surface area (Å²) in [5.41, 5.74) is 1.19. The van der Waals surface area contributed by atoms with E-state index in [1.165, 1.54) is 12.8 Å². The van der Waals surface area contributed by atoms with Crippen LogP contribution in [0.15, 0.2) is 28.8 Å². The molecule has 1 unspecified atom stereocenters. The molecule has 8 nitrogen and oxygen atoms in total. The molecule has 0 radical (unpaired) electrons. The van der Waals surface area contributed by atoms with Gasteiger partial charge in [-0.15, -0.1) is 0 Å². The van der Waals surface area contributed by atoms with Crippen molar-refractivity contribution in [1.82, 2.24) is 15.0 Å². The highest BCUT2D eigenvalue weighted by Gasteiger charge is 2.38. The van der Waals surface area contributed by atoms with E-state index in [0.29, 0.717) is 36.4 Å². The quantitative estimate of drug-likeness (QED) is 0.840. The van der Waals surface area contributed by atoms with E-state index in [9.17, 15) is 13.2 Å². The van der Waals surface area contributed by atoms with E-state index in [2.05, 4.69) is 14.9 Å². The van der Waals surface area contributed by atoms with E-state index < -0.39 is 10.0 Å². The van der Waals surface area contributed by atoms with E-state index in [1.807, 2.05) is 4.90 Å². The molecule has 144 valence electrons. The zero-order valence-corrected chi connectivity index (χ0v) is 15.9. The van der Waals surface area contributed by atoms with Gasteiger partial charge in [-0.1, -0.05) is 18.0 Å². The molecule has 1 aliphatic heterocycles. The molecular formula is C18H22N4O4S. The number of hydrogen-bond acceptors (Lipinski definition) is 6. The lowest BCUT2D eigenvalue weighted by Crippen LogP contribution is -2.34. The van der Waals surface area contributed by atoms with E-state index >= 15 is 0 Å². The zero-order valence-electron chi connectivity index (χ0n) is 15.1. The lowest BCUT2D eigenvalue weighted by Gasteiger charge is -2.23. The first kappa shape index (κ1) is 18.0. The first-order chi connectivity index (χ1) is 12.9. The topological polar surface area (TPSA) is 105 Å². The van der Waals surface area contributed by atoms with Crippen molar-refractivity contribution in [2.75, 3.05) is 17.5 Å². The van der Waals surface area contributed by atoms with Gasteiger partial charge in [0.2, 0.25) is 27.6 Å². The molecule has 1 aromatic carbocycles. The summed E-state index contributed by atoms with van der Waals surface area (Å²) >= 11 is 0. The predicted octanol–water partition coefficient (Wildman–Crippen LogP) is 2.37. The Morgan fingerprint density at radius 1 is 1.19 bits per heavy atom. The normalized spacial score (nSPS) is 21.1. The third-order valence-corrected chi connectivity index (χ3v) is 5.77. The molecule has 27 heavy (non-hydrogen) atoms. The molecule has 1 N–H and O–H groups in total. The Morgan fingerprint density at radius 2 is 1.89 bits per heavy atom. The van der Waals surface area contributed by atoms with Crippen LogP contribution in [0.5, 0.6) is 0 Å². The van der Waals surface area contributed by atoms with Crippen molar-refractivity contribution < 1.29 is 17.7 Å². The lowest BCUT2D eigenvalue weighted by atomic mass is 10.1. The number of anilines is 1. The van der Waals surface area contributed by atoms with Crippen LogP contribution < -0.4 is 4.72 Å². The third-order valence-electron chi connectivity index (χ3n) is 5.16. The van der Waals surface area contributed by atoms with Crippen molar-refractivity contribution in [2.45, 2.75) is 44.1 Å². The maximum atomic E-state index is 12.4. The molecule has 1 aliphatic carbocycles. The van der Waals surface area contributed by atoms with Gasteiger partial charge in [0.25, 0.3) is 0 Å². The second kappa shape index (κ2) is 6.95. The standard InChI is InChI=1S/C18H22N4O4S/c1-27(24,25)21-14-8-6-12(7-9-14)17-19-18(26-20-17)13-10-16(23)22(11-13)15-4-2-3-5-15/h6-9,13,15,21H,2-5,10-11H2,1H3. The number of carbonyl (C=O) groups excluding carboxylic acids is 1. The molecule has 0 bridgehead atoms. The van der Waals surface area contributed by atoms with E-state index in [1.54, 1.807) is 24.3 Å². The molecule has 9 heteroatoms. The van der Waals surface area contributed by atoms with Crippen LogP contribution in [0.25, 0.3) is 11.4 Å². The largest absolute Gasteiger partial charge is 0.339 e. The Balaban J connectivity index is 1.46. The second-order valence-electron chi connectivity index (χ2n) is 7.29. The predicted molar refractivity (Wildman–Crippen MR) is 99.5 cm³/mol. The Hall–Kier alpha value is -2.42. The van der Waals surface area contributed by atoms with Gasteiger partial charge in [-0.3, -0.25) is 9.52 Å². The minimum absolute atomic E-state index is 0.0643. The summed E-state index contributed by atoms with van der Waals surface area (Å²) < 4.78 is 30.4. The van der Waals surface area contributed by atoms with Crippen molar-refractivity contribution >= 4 is 21.6 Å². The first-order valence-corrected chi connectivity index (χ1v) is 11.0. The van der Waals surface area contributed by atoms with Crippen molar-refractivity contribution in [3.8, 4) is 11.4 Å². The molecule has 2 aromatic rings. The average Bonchev–Trinajstić information content (AvgIpc) is 3.34. The molecule has 1 saturated carbocycles. The fourth-order valence-corrected chi connectivity index (χ4v) is 4.45. The van der Waals surface area contributed by atoms with Gasteiger partial charge in [0, 0.05) is 30.3 Å². The van der Waals surface area contributed by atoms with Crippen LogP contribution in [0.1, 0.15) is 43.9 Å². The van der Waals surface area contributed by atoms with E-state index in [-0.39, 0.29) is 11.8 Å². The van der Waals surface area contributed by atoms with Crippen LogP contribution in [-0.2, 0) is 14.8 Å². The zero-order chi connectivity index (χ0) is 19.0. The van der Waals surface area contributed by atoms with Crippen molar-refractivity contribution in [2.24, 2.45) is 0 Å². The van der Waals surface area contributed by atoms with Gasteiger partial charge < -0.3 is 9.42 Å². The van der Waals surface area contributed by atoms with Crippen LogP contribution in [0.2, 0.25) is 0 Å². The number of rotatable bonds is 5. The molecule has 0 spiro atoms. The number of carbonyl (C=O) groups is 1. The first-order valence-electron chi connectivity index (χ1n) is 9.10. The number of sulfonamides is 1. The second-order valence-corrected chi connectivity index (χ2v) is 9.04. The van der Waals surface area contributed by atoms with Crippen LogP contribution in [-0.4, -0.2) is 48.2 Å². The highest BCUT2D eigenvalue weighted by molar-refractivity contribution is 7.92. The maximum Gasteiger partial charge on any atom is 0.232 e. The summed E-state index contributed by atoms with van der Waals surface area (Å²) in [6.45, 7) is 0.641. The van der Waals surface area contributed by atoms with Gasteiger partial charge in [-0.25, -0.2) is 8.42 Å².